The largest absolute Gasteiger partial charge is 0.354 e. The predicted molar refractivity (Wildman–Crippen MR) is 60.0 cm³/mol. The van der Waals surface area contributed by atoms with Crippen molar-refractivity contribution in [3.05, 3.63) is 0 Å². The molecule has 1 atom stereocenters. The Kier molecular flexibility index (Phi) is 3.64. The zero-order valence-electron chi connectivity index (χ0n) is 9.42. The summed E-state index contributed by atoms with van der Waals surface area (Å²) >= 11 is 0. The van der Waals surface area contributed by atoms with Crippen molar-refractivity contribution in [1.82, 2.24) is 16.0 Å². The Bertz CT molecular complexity index is 274. The van der Waals surface area contributed by atoms with Gasteiger partial charge in [0.25, 0.3) is 0 Å². The lowest BCUT2D eigenvalue weighted by Crippen LogP contribution is -2.53. The van der Waals surface area contributed by atoms with Gasteiger partial charge in [0, 0.05) is 12.6 Å². The summed E-state index contributed by atoms with van der Waals surface area (Å²) in [5.74, 6) is -0.0622. The van der Waals surface area contributed by atoms with E-state index in [2.05, 4.69) is 16.0 Å². The first kappa shape index (κ1) is 11.2. The molecule has 2 rings (SSSR count). The van der Waals surface area contributed by atoms with Crippen LogP contribution in [0.3, 0.4) is 0 Å². The fourth-order valence-electron chi connectivity index (χ4n) is 2.37. The third-order valence-electron chi connectivity index (χ3n) is 3.28. The maximum absolute atomic E-state index is 11.6. The number of amides is 3. The molecular formula is C11H19N3O2. The molecule has 0 bridgehead atoms. The van der Waals surface area contributed by atoms with Gasteiger partial charge in [0.2, 0.25) is 5.91 Å². The Labute approximate surface area is 95.3 Å². The molecule has 1 saturated carbocycles. The van der Waals surface area contributed by atoms with E-state index in [0.29, 0.717) is 6.04 Å². The second-order valence-corrected chi connectivity index (χ2v) is 4.59. The second-order valence-electron chi connectivity index (χ2n) is 4.59. The van der Waals surface area contributed by atoms with Gasteiger partial charge in [-0.3, -0.25) is 4.79 Å². The minimum atomic E-state index is -0.352. The third-order valence-corrected chi connectivity index (χ3v) is 3.28. The SMILES string of the molecule is O=C(NC1CCCC1)NC1CCCNC1=O. The molecule has 16 heavy (non-hydrogen) atoms. The summed E-state index contributed by atoms with van der Waals surface area (Å²) in [7, 11) is 0. The molecule has 90 valence electrons. The van der Waals surface area contributed by atoms with E-state index in [0.717, 1.165) is 32.2 Å². The van der Waals surface area contributed by atoms with E-state index >= 15 is 0 Å². The molecule has 0 radical (unpaired) electrons. The lowest BCUT2D eigenvalue weighted by molar-refractivity contribution is -0.124. The molecule has 3 N–H and O–H groups in total. The maximum atomic E-state index is 11.6. The highest BCUT2D eigenvalue weighted by Gasteiger charge is 2.25. The van der Waals surface area contributed by atoms with Crippen LogP contribution in [-0.2, 0) is 4.79 Å². The molecule has 1 heterocycles. The molecule has 1 aliphatic carbocycles. The first-order chi connectivity index (χ1) is 7.75. The van der Waals surface area contributed by atoms with Crippen LogP contribution in [0.2, 0.25) is 0 Å². The molecular weight excluding hydrogens is 206 g/mol. The Balaban J connectivity index is 1.75. The van der Waals surface area contributed by atoms with Gasteiger partial charge in [0.05, 0.1) is 0 Å². The van der Waals surface area contributed by atoms with Crippen molar-refractivity contribution in [1.29, 1.82) is 0 Å². The molecule has 5 heteroatoms. The molecule has 0 aromatic rings. The van der Waals surface area contributed by atoms with Crippen LogP contribution in [0.4, 0.5) is 4.79 Å². The van der Waals surface area contributed by atoms with Gasteiger partial charge in [0.1, 0.15) is 6.04 Å². The van der Waals surface area contributed by atoms with E-state index in [1.165, 1.54) is 12.8 Å². The number of carbonyl (C=O) groups excluding carboxylic acids is 2. The Morgan fingerprint density at radius 3 is 2.56 bits per heavy atom. The van der Waals surface area contributed by atoms with Gasteiger partial charge >= 0.3 is 6.03 Å². The Morgan fingerprint density at radius 2 is 1.88 bits per heavy atom. The first-order valence-corrected chi connectivity index (χ1v) is 6.10. The van der Waals surface area contributed by atoms with E-state index in [1.54, 1.807) is 0 Å². The van der Waals surface area contributed by atoms with Gasteiger partial charge in [-0.15, -0.1) is 0 Å². The van der Waals surface area contributed by atoms with Crippen molar-refractivity contribution in [2.45, 2.75) is 50.6 Å². The molecule has 1 unspecified atom stereocenters. The molecule has 1 saturated heterocycles. The van der Waals surface area contributed by atoms with Gasteiger partial charge in [-0.1, -0.05) is 12.8 Å². The average molecular weight is 225 g/mol. The fraction of sp³-hybridized carbons (Fsp3) is 0.818. The van der Waals surface area contributed by atoms with Gasteiger partial charge in [-0.2, -0.15) is 0 Å². The molecule has 3 amide bonds. The zero-order chi connectivity index (χ0) is 11.4. The lowest BCUT2D eigenvalue weighted by atomic mass is 10.1. The standard InChI is InChI=1S/C11H19N3O2/c15-10-9(6-3-7-12-10)14-11(16)13-8-4-1-2-5-8/h8-9H,1-7H2,(H,12,15)(H2,13,14,16). The number of rotatable bonds is 2. The molecule has 0 aromatic heterocycles. The van der Waals surface area contributed by atoms with Crippen LogP contribution in [0.5, 0.6) is 0 Å². The van der Waals surface area contributed by atoms with Crippen LogP contribution in [0.25, 0.3) is 0 Å². The van der Waals surface area contributed by atoms with E-state index in [1.807, 2.05) is 0 Å². The predicted octanol–water partition coefficient (Wildman–Crippen LogP) is 0.507. The van der Waals surface area contributed by atoms with Crippen LogP contribution < -0.4 is 16.0 Å². The number of hydrogen-bond donors (Lipinski definition) is 3. The molecule has 2 aliphatic rings. The van der Waals surface area contributed by atoms with Crippen LogP contribution in [-0.4, -0.2) is 30.6 Å². The molecule has 5 nitrogen and oxygen atoms in total. The zero-order valence-corrected chi connectivity index (χ0v) is 9.42. The van der Waals surface area contributed by atoms with Gasteiger partial charge in [-0.05, 0) is 25.7 Å². The second kappa shape index (κ2) is 5.18. The number of urea groups is 1. The summed E-state index contributed by atoms with van der Waals surface area (Å²) in [4.78, 5) is 23.0. The monoisotopic (exact) mass is 225 g/mol. The summed E-state index contributed by atoms with van der Waals surface area (Å²) in [6.07, 6.45) is 6.17. The van der Waals surface area contributed by atoms with E-state index < -0.39 is 0 Å². The molecule has 1 aliphatic heterocycles. The van der Waals surface area contributed by atoms with Gasteiger partial charge < -0.3 is 16.0 Å². The summed E-state index contributed by atoms with van der Waals surface area (Å²) in [6.45, 7) is 0.723. The highest BCUT2D eigenvalue weighted by Crippen LogP contribution is 2.17. The van der Waals surface area contributed by atoms with E-state index in [9.17, 15) is 9.59 Å². The topological polar surface area (TPSA) is 70.2 Å². The van der Waals surface area contributed by atoms with Crippen molar-refractivity contribution >= 4 is 11.9 Å². The van der Waals surface area contributed by atoms with Gasteiger partial charge in [-0.25, -0.2) is 4.79 Å². The number of hydrogen-bond acceptors (Lipinski definition) is 2. The summed E-state index contributed by atoms with van der Waals surface area (Å²) < 4.78 is 0. The minimum Gasteiger partial charge on any atom is -0.354 e. The maximum Gasteiger partial charge on any atom is 0.315 e. The van der Waals surface area contributed by atoms with Crippen LogP contribution >= 0.6 is 0 Å². The third kappa shape index (κ3) is 2.87. The fourth-order valence-corrected chi connectivity index (χ4v) is 2.37. The van der Waals surface area contributed by atoms with Crippen LogP contribution in [0.1, 0.15) is 38.5 Å². The minimum absolute atomic E-state index is 0.0622. The number of piperidine rings is 1. The Hall–Kier alpha value is -1.26. The average Bonchev–Trinajstić information content (AvgIpc) is 2.74. The van der Waals surface area contributed by atoms with E-state index in [4.69, 9.17) is 0 Å². The van der Waals surface area contributed by atoms with Crippen LogP contribution in [0, 0.1) is 0 Å². The summed E-state index contributed by atoms with van der Waals surface area (Å²) in [5.41, 5.74) is 0. The van der Waals surface area contributed by atoms with Crippen molar-refractivity contribution in [2.24, 2.45) is 0 Å². The van der Waals surface area contributed by atoms with E-state index in [-0.39, 0.29) is 18.0 Å². The first-order valence-electron chi connectivity index (χ1n) is 6.10. The van der Waals surface area contributed by atoms with Crippen molar-refractivity contribution in [3.8, 4) is 0 Å². The molecule has 0 aromatic carbocycles. The highest BCUT2D eigenvalue weighted by atomic mass is 16.2. The highest BCUT2D eigenvalue weighted by molar-refractivity contribution is 5.87. The summed E-state index contributed by atoms with van der Waals surface area (Å²) in [5, 5.41) is 8.40. The summed E-state index contributed by atoms with van der Waals surface area (Å²) in [6, 6.07) is -0.254. The molecule has 2 fully saturated rings. The Morgan fingerprint density at radius 1 is 1.12 bits per heavy atom. The normalized spacial score (nSPS) is 26.2. The van der Waals surface area contributed by atoms with Gasteiger partial charge in [0.15, 0.2) is 0 Å². The smallest absolute Gasteiger partial charge is 0.315 e. The van der Waals surface area contributed by atoms with Crippen molar-refractivity contribution < 1.29 is 9.59 Å². The van der Waals surface area contributed by atoms with Crippen LogP contribution in [0.15, 0.2) is 0 Å². The number of carbonyl (C=O) groups is 2. The quantitative estimate of drug-likeness (QED) is 0.640. The van der Waals surface area contributed by atoms with Crippen molar-refractivity contribution in [2.75, 3.05) is 6.54 Å². The lowest BCUT2D eigenvalue weighted by Gasteiger charge is -2.23. The number of nitrogens with one attached hydrogen (secondary N) is 3. The van der Waals surface area contributed by atoms with Crippen molar-refractivity contribution in [3.63, 3.8) is 0 Å². The molecule has 0 spiro atoms.